The third-order valence-corrected chi connectivity index (χ3v) is 3.43. The lowest BCUT2D eigenvalue weighted by Crippen LogP contribution is -2.03. The summed E-state index contributed by atoms with van der Waals surface area (Å²) in [6, 6.07) is 13.0. The number of nitrogens with one attached hydrogen (secondary N) is 1. The molecule has 0 aliphatic heterocycles. The van der Waals surface area contributed by atoms with Gasteiger partial charge in [0, 0.05) is 19.3 Å². The molecule has 0 atom stereocenters. The normalized spacial score (nSPS) is 10.5. The van der Waals surface area contributed by atoms with Crippen molar-refractivity contribution in [1.82, 2.24) is 0 Å². The number of methoxy groups -OCH3 is 1. The van der Waals surface area contributed by atoms with Gasteiger partial charge in [0.2, 0.25) is 0 Å². The molecule has 0 amide bonds. The predicted octanol–water partition coefficient (Wildman–Crippen LogP) is 4.35. The molecule has 2 aromatic rings. The van der Waals surface area contributed by atoms with Gasteiger partial charge in [-0.3, -0.25) is 0 Å². The lowest BCUT2D eigenvalue weighted by atomic mass is 10.1. The molecule has 0 aromatic heterocycles. The van der Waals surface area contributed by atoms with Crippen LogP contribution in [0.15, 0.2) is 46.9 Å². The smallest absolute Gasteiger partial charge is 0.137 e. The van der Waals surface area contributed by atoms with Crippen molar-refractivity contribution < 1.29 is 9.13 Å². The van der Waals surface area contributed by atoms with Gasteiger partial charge in [-0.2, -0.15) is 0 Å². The van der Waals surface area contributed by atoms with E-state index in [0.717, 1.165) is 11.3 Å². The van der Waals surface area contributed by atoms with Crippen LogP contribution >= 0.6 is 15.9 Å². The fourth-order valence-electron chi connectivity index (χ4n) is 1.83. The summed E-state index contributed by atoms with van der Waals surface area (Å²) in [5.74, 6) is -0.259. The average Bonchev–Trinajstić information content (AvgIpc) is 2.42. The van der Waals surface area contributed by atoms with Gasteiger partial charge < -0.3 is 10.1 Å². The molecule has 0 heterocycles. The van der Waals surface area contributed by atoms with Gasteiger partial charge in [0.25, 0.3) is 0 Å². The van der Waals surface area contributed by atoms with Crippen molar-refractivity contribution >= 4 is 21.6 Å². The zero-order valence-corrected chi connectivity index (χ0v) is 12.2. The Bertz CT molecular complexity index is 560. The Morgan fingerprint density at radius 1 is 1.16 bits per heavy atom. The second-order valence-electron chi connectivity index (χ2n) is 4.18. The summed E-state index contributed by atoms with van der Waals surface area (Å²) in [5, 5.41) is 3.28. The van der Waals surface area contributed by atoms with Gasteiger partial charge in [0.05, 0.1) is 11.1 Å². The van der Waals surface area contributed by atoms with E-state index in [2.05, 4.69) is 27.3 Å². The number of hydrogen-bond acceptors (Lipinski definition) is 2. The highest BCUT2D eigenvalue weighted by Crippen LogP contribution is 2.21. The molecule has 100 valence electrons. The van der Waals surface area contributed by atoms with Crippen LogP contribution in [0.2, 0.25) is 0 Å². The molecule has 0 bridgehead atoms. The van der Waals surface area contributed by atoms with Crippen LogP contribution in [0.25, 0.3) is 0 Å². The summed E-state index contributed by atoms with van der Waals surface area (Å²) in [7, 11) is 1.68. The number of rotatable bonds is 5. The number of benzene rings is 2. The van der Waals surface area contributed by atoms with Crippen molar-refractivity contribution in [3.8, 4) is 0 Å². The summed E-state index contributed by atoms with van der Waals surface area (Å²) < 4.78 is 18.8. The Balaban J connectivity index is 2.07. The predicted molar refractivity (Wildman–Crippen MR) is 78.6 cm³/mol. The molecule has 4 heteroatoms. The maximum absolute atomic E-state index is 13.1. The molecule has 0 aliphatic rings. The minimum atomic E-state index is -0.259. The number of anilines is 1. The second-order valence-corrected chi connectivity index (χ2v) is 5.04. The van der Waals surface area contributed by atoms with Gasteiger partial charge >= 0.3 is 0 Å². The van der Waals surface area contributed by atoms with Gasteiger partial charge in [0.15, 0.2) is 0 Å². The van der Waals surface area contributed by atoms with Crippen molar-refractivity contribution in [3.63, 3.8) is 0 Å². The first kappa shape index (κ1) is 14.0. The van der Waals surface area contributed by atoms with E-state index in [-0.39, 0.29) is 5.82 Å². The highest BCUT2D eigenvalue weighted by Gasteiger charge is 2.03. The number of halogens is 2. The quantitative estimate of drug-likeness (QED) is 0.883. The van der Waals surface area contributed by atoms with Crippen molar-refractivity contribution in [2.45, 2.75) is 13.2 Å². The number of hydrogen-bond donors (Lipinski definition) is 1. The highest BCUT2D eigenvalue weighted by molar-refractivity contribution is 9.10. The van der Waals surface area contributed by atoms with Crippen LogP contribution in [0.3, 0.4) is 0 Å². The molecule has 1 N–H and O–H groups in total. The fraction of sp³-hybridized carbons (Fsp3) is 0.200. The summed E-state index contributed by atoms with van der Waals surface area (Å²) in [6.45, 7) is 1.27. The zero-order chi connectivity index (χ0) is 13.7. The van der Waals surface area contributed by atoms with E-state index in [9.17, 15) is 4.39 Å². The Morgan fingerprint density at radius 2 is 1.89 bits per heavy atom. The maximum atomic E-state index is 13.1. The molecule has 2 rings (SSSR count). The van der Waals surface area contributed by atoms with E-state index in [1.807, 2.05) is 18.2 Å². The Kier molecular flexibility index (Phi) is 4.93. The largest absolute Gasteiger partial charge is 0.381 e. The SMILES string of the molecule is COCc1ccccc1CNc1ccc(F)c(Br)c1. The van der Waals surface area contributed by atoms with Crippen LogP contribution in [0.1, 0.15) is 11.1 Å². The maximum Gasteiger partial charge on any atom is 0.137 e. The van der Waals surface area contributed by atoms with Crippen LogP contribution in [-0.4, -0.2) is 7.11 Å². The van der Waals surface area contributed by atoms with Crippen molar-refractivity contribution in [1.29, 1.82) is 0 Å². The third-order valence-electron chi connectivity index (χ3n) is 2.82. The molecule has 2 aromatic carbocycles. The first-order chi connectivity index (χ1) is 9.20. The molecule has 0 spiro atoms. The van der Waals surface area contributed by atoms with E-state index in [4.69, 9.17) is 4.74 Å². The monoisotopic (exact) mass is 323 g/mol. The first-order valence-electron chi connectivity index (χ1n) is 5.95. The Morgan fingerprint density at radius 3 is 2.58 bits per heavy atom. The molecule has 0 saturated heterocycles. The molecule has 19 heavy (non-hydrogen) atoms. The molecular weight excluding hydrogens is 309 g/mol. The molecule has 0 fully saturated rings. The Hall–Kier alpha value is -1.39. The van der Waals surface area contributed by atoms with E-state index in [1.165, 1.54) is 11.6 Å². The van der Waals surface area contributed by atoms with Crippen molar-refractivity contribution in [2.75, 3.05) is 12.4 Å². The molecule has 0 aliphatic carbocycles. The summed E-state index contributed by atoms with van der Waals surface area (Å²) in [5.41, 5.74) is 3.20. The van der Waals surface area contributed by atoms with Gasteiger partial charge in [-0.05, 0) is 45.3 Å². The average molecular weight is 324 g/mol. The van der Waals surface area contributed by atoms with Crippen LogP contribution in [-0.2, 0) is 17.9 Å². The van der Waals surface area contributed by atoms with Gasteiger partial charge in [0.1, 0.15) is 5.82 Å². The summed E-state index contributed by atoms with van der Waals surface area (Å²) in [6.07, 6.45) is 0. The Labute approximate surface area is 120 Å². The summed E-state index contributed by atoms with van der Waals surface area (Å²) in [4.78, 5) is 0. The highest BCUT2D eigenvalue weighted by atomic mass is 79.9. The van der Waals surface area contributed by atoms with Gasteiger partial charge in [-0.15, -0.1) is 0 Å². The molecular formula is C15H15BrFNO. The standard InChI is InChI=1S/C15H15BrFNO/c1-19-10-12-5-3-2-4-11(12)9-18-13-6-7-15(17)14(16)8-13/h2-8,18H,9-10H2,1H3. The van der Waals surface area contributed by atoms with Crippen molar-refractivity contribution in [2.24, 2.45) is 0 Å². The molecule has 0 radical (unpaired) electrons. The molecule has 0 saturated carbocycles. The lowest BCUT2D eigenvalue weighted by Gasteiger charge is -2.11. The van der Waals surface area contributed by atoms with Crippen LogP contribution in [0, 0.1) is 5.82 Å². The minimum absolute atomic E-state index is 0.259. The molecule has 2 nitrogen and oxygen atoms in total. The van der Waals surface area contributed by atoms with E-state index >= 15 is 0 Å². The van der Waals surface area contributed by atoms with E-state index in [1.54, 1.807) is 19.2 Å². The van der Waals surface area contributed by atoms with E-state index < -0.39 is 0 Å². The topological polar surface area (TPSA) is 21.3 Å². The van der Waals surface area contributed by atoms with Crippen LogP contribution < -0.4 is 5.32 Å². The van der Waals surface area contributed by atoms with E-state index in [0.29, 0.717) is 17.6 Å². The lowest BCUT2D eigenvalue weighted by molar-refractivity contribution is 0.184. The zero-order valence-electron chi connectivity index (χ0n) is 10.6. The summed E-state index contributed by atoms with van der Waals surface area (Å²) >= 11 is 3.18. The number of ether oxygens (including phenoxy) is 1. The minimum Gasteiger partial charge on any atom is -0.381 e. The second kappa shape index (κ2) is 6.68. The first-order valence-corrected chi connectivity index (χ1v) is 6.74. The van der Waals surface area contributed by atoms with Crippen molar-refractivity contribution in [3.05, 3.63) is 63.9 Å². The third kappa shape index (κ3) is 3.78. The van der Waals surface area contributed by atoms with Crippen LogP contribution in [0.4, 0.5) is 10.1 Å². The molecule has 0 unspecified atom stereocenters. The van der Waals surface area contributed by atoms with Crippen LogP contribution in [0.5, 0.6) is 0 Å². The van der Waals surface area contributed by atoms with Gasteiger partial charge in [-0.25, -0.2) is 4.39 Å². The van der Waals surface area contributed by atoms with Gasteiger partial charge in [-0.1, -0.05) is 24.3 Å². The fourth-order valence-corrected chi connectivity index (χ4v) is 2.21.